The number of phenolic OH excluding ortho intramolecular Hbond substituents is 2. The third kappa shape index (κ3) is 3.76. The molecule has 0 aliphatic carbocycles. The molecule has 3 aromatic rings. The van der Waals surface area contributed by atoms with Crippen LogP contribution in [0.5, 0.6) is 11.5 Å². The van der Waals surface area contributed by atoms with Crippen molar-refractivity contribution in [1.29, 1.82) is 0 Å². The molecule has 10 heteroatoms. The first-order chi connectivity index (χ1) is 15.8. The van der Waals surface area contributed by atoms with Gasteiger partial charge in [-0.2, -0.15) is 10.1 Å². The number of hydrogen-bond donors (Lipinski definition) is 6. The van der Waals surface area contributed by atoms with Crippen molar-refractivity contribution in [2.45, 2.75) is 5.54 Å². The number of rotatable bonds is 7. The summed E-state index contributed by atoms with van der Waals surface area (Å²) in [5.74, 6) is -1.77. The quantitative estimate of drug-likeness (QED) is 0.229. The molecule has 0 saturated heterocycles. The van der Waals surface area contributed by atoms with Gasteiger partial charge in [-0.15, -0.1) is 0 Å². The first kappa shape index (κ1) is 22.2. The van der Waals surface area contributed by atoms with Crippen molar-refractivity contribution in [3.63, 3.8) is 0 Å². The van der Waals surface area contributed by atoms with Crippen LogP contribution in [0.3, 0.4) is 0 Å². The Hall–Kier alpha value is -3.99. The maximum atomic E-state index is 13.1. The number of carbonyl (C=O) groups is 2. The molecule has 0 aromatic heterocycles. The normalized spacial score (nSPS) is 13.8. The highest BCUT2D eigenvalue weighted by molar-refractivity contribution is 6.26. The maximum absolute atomic E-state index is 13.1. The molecule has 1 aliphatic heterocycles. The lowest BCUT2D eigenvalue weighted by molar-refractivity contribution is 0.0616. The summed E-state index contributed by atoms with van der Waals surface area (Å²) in [7, 11) is 0. The number of anilines is 1. The van der Waals surface area contributed by atoms with Gasteiger partial charge in [0.05, 0.1) is 37.2 Å². The third-order valence-corrected chi connectivity index (χ3v) is 5.52. The minimum Gasteiger partial charge on any atom is -0.508 e. The lowest BCUT2D eigenvalue weighted by atomic mass is 9.92. The van der Waals surface area contributed by atoms with Gasteiger partial charge in [0.2, 0.25) is 0 Å². The van der Waals surface area contributed by atoms with E-state index in [-0.39, 0.29) is 28.2 Å². The van der Waals surface area contributed by atoms with Crippen LogP contribution in [-0.4, -0.2) is 73.9 Å². The van der Waals surface area contributed by atoms with E-state index < -0.39 is 37.2 Å². The smallest absolute Gasteiger partial charge is 0.282 e. The number of aliphatic hydroxyl groups is 3. The standard InChI is InChI=1S/C23H21N3O7/c27-10-23(11-28,12-29)25-18-7-6-17-20-15(18)2-1-3-16(20)21(32)26(22(17)33)24-9-13-4-5-14(30)8-19(13)31/h1-9,25,27-31H,10-12H2/b24-9-. The second-order valence-corrected chi connectivity index (χ2v) is 7.68. The molecule has 0 unspecified atom stereocenters. The molecule has 0 saturated carbocycles. The SMILES string of the molecule is O=C1c2cccc3c(NC(CO)(CO)CO)ccc(c23)C(=O)N1/N=C\c1ccc(O)cc1O. The van der Waals surface area contributed by atoms with Gasteiger partial charge in [0.1, 0.15) is 17.0 Å². The first-order valence-electron chi connectivity index (χ1n) is 9.95. The van der Waals surface area contributed by atoms with Gasteiger partial charge in [-0.3, -0.25) is 9.59 Å². The number of hydrogen-bond acceptors (Lipinski definition) is 9. The Bertz CT molecular complexity index is 1250. The Labute approximate surface area is 187 Å². The van der Waals surface area contributed by atoms with Crippen molar-refractivity contribution >= 4 is 34.5 Å². The van der Waals surface area contributed by atoms with Crippen LogP contribution in [0.1, 0.15) is 26.3 Å². The van der Waals surface area contributed by atoms with Gasteiger partial charge in [-0.05, 0) is 30.3 Å². The molecule has 1 heterocycles. The molecule has 6 N–H and O–H groups in total. The monoisotopic (exact) mass is 451 g/mol. The van der Waals surface area contributed by atoms with Crippen molar-refractivity contribution < 1.29 is 35.1 Å². The summed E-state index contributed by atoms with van der Waals surface area (Å²) in [5.41, 5.74) is -0.365. The summed E-state index contributed by atoms with van der Waals surface area (Å²) in [6, 6.07) is 11.7. The predicted octanol–water partition coefficient (Wildman–Crippen LogP) is 1.01. The number of phenols is 2. The number of aromatic hydroxyl groups is 2. The summed E-state index contributed by atoms with van der Waals surface area (Å²) in [6.45, 7) is -1.64. The predicted molar refractivity (Wildman–Crippen MR) is 119 cm³/mol. The molecule has 4 rings (SSSR count). The highest BCUT2D eigenvalue weighted by Crippen LogP contribution is 2.35. The molecule has 0 radical (unpaired) electrons. The van der Waals surface area contributed by atoms with Crippen LogP contribution in [0.4, 0.5) is 5.69 Å². The fraction of sp³-hybridized carbons (Fsp3) is 0.174. The average Bonchev–Trinajstić information content (AvgIpc) is 2.82. The van der Waals surface area contributed by atoms with Crippen LogP contribution in [0.25, 0.3) is 10.8 Å². The highest BCUT2D eigenvalue weighted by Gasteiger charge is 2.35. The molecular weight excluding hydrogens is 430 g/mol. The van der Waals surface area contributed by atoms with Gasteiger partial charge >= 0.3 is 0 Å². The lowest BCUT2D eigenvalue weighted by Gasteiger charge is -2.31. The van der Waals surface area contributed by atoms with Crippen LogP contribution in [0.15, 0.2) is 53.6 Å². The summed E-state index contributed by atoms with van der Waals surface area (Å²) < 4.78 is 0. The zero-order valence-corrected chi connectivity index (χ0v) is 17.3. The molecule has 3 aromatic carbocycles. The molecule has 2 amide bonds. The van der Waals surface area contributed by atoms with Gasteiger partial charge in [0.15, 0.2) is 0 Å². The minimum atomic E-state index is -1.40. The summed E-state index contributed by atoms with van der Waals surface area (Å²) in [5, 5.41) is 56.7. The minimum absolute atomic E-state index is 0.146. The van der Waals surface area contributed by atoms with Crippen molar-refractivity contribution in [2.75, 3.05) is 25.1 Å². The number of amides is 2. The first-order valence-corrected chi connectivity index (χ1v) is 9.95. The van der Waals surface area contributed by atoms with E-state index in [1.807, 2.05) is 0 Å². The Morgan fingerprint density at radius 3 is 2.21 bits per heavy atom. The van der Waals surface area contributed by atoms with Gasteiger partial charge in [-0.25, -0.2) is 0 Å². The van der Waals surface area contributed by atoms with Gasteiger partial charge in [-0.1, -0.05) is 12.1 Å². The fourth-order valence-electron chi connectivity index (χ4n) is 3.61. The molecule has 170 valence electrons. The number of imide groups is 1. The number of carbonyl (C=O) groups excluding carboxylic acids is 2. The molecule has 0 spiro atoms. The summed E-state index contributed by atoms with van der Waals surface area (Å²) in [4.78, 5) is 26.2. The number of aliphatic hydroxyl groups excluding tert-OH is 3. The van der Waals surface area contributed by atoms with E-state index in [0.29, 0.717) is 21.5 Å². The van der Waals surface area contributed by atoms with Crippen LogP contribution in [0.2, 0.25) is 0 Å². The summed E-state index contributed by atoms with van der Waals surface area (Å²) >= 11 is 0. The number of nitrogens with zero attached hydrogens (tertiary/aromatic N) is 2. The Balaban J connectivity index is 1.76. The van der Waals surface area contributed by atoms with Crippen molar-refractivity contribution in [2.24, 2.45) is 5.10 Å². The third-order valence-electron chi connectivity index (χ3n) is 5.52. The topological polar surface area (TPSA) is 163 Å². The lowest BCUT2D eigenvalue weighted by Crippen LogP contribution is -2.49. The Morgan fingerprint density at radius 2 is 1.58 bits per heavy atom. The van der Waals surface area contributed by atoms with E-state index in [4.69, 9.17) is 0 Å². The van der Waals surface area contributed by atoms with Crippen molar-refractivity contribution in [1.82, 2.24) is 5.01 Å². The van der Waals surface area contributed by atoms with Gasteiger partial charge in [0.25, 0.3) is 11.8 Å². The van der Waals surface area contributed by atoms with E-state index in [1.165, 1.54) is 18.2 Å². The van der Waals surface area contributed by atoms with Crippen molar-refractivity contribution in [3.8, 4) is 11.5 Å². The molecule has 0 fully saturated rings. The van der Waals surface area contributed by atoms with E-state index in [1.54, 1.807) is 24.3 Å². The average molecular weight is 451 g/mol. The molecule has 0 atom stereocenters. The summed E-state index contributed by atoms with van der Waals surface area (Å²) in [6.07, 6.45) is 1.14. The van der Waals surface area contributed by atoms with Crippen LogP contribution in [-0.2, 0) is 0 Å². The molecule has 0 bridgehead atoms. The highest BCUT2D eigenvalue weighted by atomic mass is 16.3. The van der Waals surface area contributed by atoms with Crippen LogP contribution >= 0.6 is 0 Å². The maximum Gasteiger partial charge on any atom is 0.282 e. The molecule has 10 nitrogen and oxygen atoms in total. The van der Waals surface area contributed by atoms with Crippen molar-refractivity contribution in [3.05, 3.63) is 65.2 Å². The van der Waals surface area contributed by atoms with Gasteiger partial charge < -0.3 is 30.8 Å². The van der Waals surface area contributed by atoms with E-state index in [0.717, 1.165) is 12.3 Å². The second kappa shape index (κ2) is 8.51. The zero-order valence-electron chi connectivity index (χ0n) is 17.3. The van der Waals surface area contributed by atoms with E-state index in [2.05, 4.69) is 10.4 Å². The number of benzene rings is 3. The fourth-order valence-corrected chi connectivity index (χ4v) is 3.61. The molecular formula is C23H21N3O7. The van der Waals surface area contributed by atoms with E-state index >= 15 is 0 Å². The largest absolute Gasteiger partial charge is 0.508 e. The number of hydrazone groups is 1. The zero-order chi connectivity index (χ0) is 23.8. The second-order valence-electron chi connectivity index (χ2n) is 7.68. The van der Waals surface area contributed by atoms with E-state index in [9.17, 15) is 35.1 Å². The Kier molecular flexibility index (Phi) is 5.73. The number of nitrogens with one attached hydrogen (secondary N) is 1. The molecule has 1 aliphatic rings. The van der Waals surface area contributed by atoms with Crippen LogP contribution < -0.4 is 5.32 Å². The van der Waals surface area contributed by atoms with Crippen LogP contribution in [0, 0.1) is 0 Å². The van der Waals surface area contributed by atoms with Gasteiger partial charge in [0, 0.05) is 28.1 Å². The molecule has 33 heavy (non-hydrogen) atoms. The Morgan fingerprint density at radius 1 is 0.909 bits per heavy atom.